The van der Waals surface area contributed by atoms with E-state index in [2.05, 4.69) is 12.2 Å². The Labute approximate surface area is 174 Å². The Balaban J connectivity index is 1.37. The zero-order valence-electron chi connectivity index (χ0n) is 16.5. The van der Waals surface area contributed by atoms with E-state index in [9.17, 15) is 9.59 Å². The molecular weight excluding hydrogens is 388 g/mol. The maximum absolute atomic E-state index is 12.7. The van der Waals surface area contributed by atoms with Crippen LogP contribution in [-0.2, 0) is 9.59 Å². The van der Waals surface area contributed by atoms with Gasteiger partial charge in [-0.05, 0) is 54.8 Å². The molecule has 0 bridgehead atoms. The van der Waals surface area contributed by atoms with E-state index < -0.39 is 6.04 Å². The molecule has 0 spiro atoms. The van der Waals surface area contributed by atoms with E-state index in [0.29, 0.717) is 34.9 Å². The highest BCUT2D eigenvalue weighted by Crippen LogP contribution is 2.47. The summed E-state index contributed by atoms with van der Waals surface area (Å²) in [5.41, 5.74) is 0.674. The van der Waals surface area contributed by atoms with E-state index in [0.717, 1.165) is 17.9 Å². The summed E-state index contributed by atoms with van der Waals surface area (Å²) in [6.45, 7) is 2.20. The minimum Gasteiger partial charge on any atom is -0.497 e. The lowest BCUT2D eigenvalue weighted by molar-refractivity contribution is -0.132. The van der Waals surface area contributed by atoms with Gasteiger partial charge in [-0.1, -0.05) is 6.92 Å². The van der Waals surface area contributed by atoms with Crippen LogP contribution in [0.1, 0.15) is 30.8 Å². The average Bonchev–Trinajstić information content (AvgIpc) is 3.15. The lowest BCUT2D eigenvalue weighted by Crippen LogP contribution is -2.43. The van der Waals surface area contributed by atoms with Gasteiger partial charge in [-0.15, -0.1) is 11.8 Å². The molecule has 0 radical (unpaired) electrons. The largest absolute Gasteiger partial charge is 0.497 e. The molecule has 2 fully saturated rings. The Hall–Kier alpha value is -2.67. The Bertz CT molecular complexity index is 921. The number of thioether (sulfide) groups is 1. The van der Waals surface area contributed by atoms with E-state index in [4.69, 9.17) is 9.15 Å². The molecule has 7 heteroatoms. The van der Waals surface area contributed by atoms with Crippen molar-refractivity contribution in [2.24, 2.45) is 5.92 Å². The number of carbonyl (C=O) groups is 2. The van der Waals surface area contributed by atoms with E-state index in [1.807, 2.05) is 12.1 Å². The first-order chi connectivity index (χ1) is 14.0. The average molecular weight is 413 g/mol. The van der Waals surface area contributed by atoms with Gasteiger partial charge < -0.3 is 19.4 Å². The van der Waals surface area contributed by atoms with Gasteiger partial charge in [0.2, 0.25) is 11.8 Å². The van der Waals surface area contributed by atoms with Crippen LogP contribution in [0.2, 0.25) is 0 Å². The topological polar surface area (TPSA) is 71.8 Å². The number of ether oxygens (including phenoxy) is 1. The van der Waals surface area contributed by atoms with Crippen LogP contribution in [0, 0.1) is 5.92 Å². The second-order valence-corrected chi connectivity index (χ2v) is 8.43. The third-order valence-electron chi connectivity index (χ3n) is 5.34. The van der Waals surface area contributed by atoms with Gasteiger partial charge in [0.05, 0.1) is 13.0 Å². The number of nitrogens with zero attached hydrogens (tertiary/aromatic N) is 1. The molecule has 1 saturated heterocycles. The molecule has 2 heterocycles. The SMILES string of the molecule is COc1ccc(NC(=O)C2CSCN2C(=O)/C=C/c2ccc(C3CC3C)o2)cc1. The molecule has 3 unspecified atom stereocenters. The summed E-state index contributed by atoms with van der Waals surface area (Å²) in [4.78, 5) is 26.9. The van der Waals surface area contributed by atoms with E-state index in [1.165, 1.54) is 6.08 Å². The lowest BCUT2D eigenvalue weighted by atomic mass is 10.2. The monoisotopic (exact) mass is 412 g/mol. The number of methoxy groups -OCH3 is 1. The Morgan fingerprint density at radius 3 is 2.69 bits per heavy atom. The summed E-state index contributed by atoms with van der Waals surface area (Å²) >= 11 is 1.57. The number of anilines is 1. The van der Waals surface area contributed by atoms with Gasteiger partial charge >= 0.3 is 0 Å². The van der Waals surface area contributed by atoms with Crippen molar-refractivity contribution in [3.8, 4) is 5.75 Å². The smallest absolute Gasteiger partial charge is 0.248 e. The van der Waals surface area contributed by atoms with Gasteiger partial charge in [-0.25, -0.2) is 0 Å². The van der Waals surface area contributed by atoms with Crippen LogP contribution in [0.15, 0.2) is 46.9 Å². The molecule has 2 aromatic rings. The van der Waals surface area contributed by atoms with Crippen molar-refractivity contribution in [3.63, 3.8) is 0 Å². The molecule has 1 aliphatic carbocycles. The molecule has 6 nitrogen and oxygen atoms in total. The molecule has 1 aliphatic heterocycles. The van der Waals surface area contributed by atoms with Crippen LogP contribution in [0.25, 0.3) is 6.08 Å². The molecule has 1 N–H and O–H groups in total. The van der Waals surface area contributed by atoms with Gasteiger partial charge in [-0.3, -0.25) is 9.59 Å². The maximum atomic E-state index is 12.7. The molecule has 1 aromatic carbocycles. The molecule has 4 rings (SSSR count). The summed E-state index contributed by atoms with van der Waals surface area (Å²) < 4.78 is 10.9. The number of carbonyl (C=O) groups excluding carboxylic acids is 2. The van der Waals surface area contributed by atoms with Crippen molar-refractivity contribution in [1.29, 1.82) is 0 Å². The minimum atomic E-state index is -0.501. The predicted molar refractivity (Wildman–Crippen MR) is 114 cm³/mol. The molecule has 1 saturated carbocycles. The molecule has 2 aliphatic rings. The third kappa shape index (κ3) is 4.50. The van der Waals surface area contributed by atoms with Gasteiger partial charge in [0.25, 0.3) is 0 Å². The summed E-state index contributed by atoms with van der Waals surface area (Å²) in [5, 5.41) is 2.88. The number of benzene rings is 1. The van der Waals surface area contributed by atoms with Crippen molar-refractivity contribution in [2.45, 2.75) is 25.3 Å². The van der Waals surface area contributed by atoms with Crippen LogP contribution in [0.3, 0.4) is 0 Å². The first kappa shape index (κ1) is 19.6. The zero-order valence-corrected chi connectivity index (χ0v) is 17.3. The summed E-state index contributed by atoms with van der Waals surface area (Å²) in [5.74, 6) is 4.24. The number of hydrogen-bond acceptors (Lipinski definition) is 5. The summed E-state index contributed by atoms with van der Waals surface area (Å²) in [6, 6.07) is 10.5. The molecule has 1 aromatic heterocycles. The highest BCUT2D eigenvalue weighted by atomic mass is 32.2. The zero-order chi connectivity index (χ0) is 20.4. The fourth-order valence-corrected chi connectivity index (χ4v) is 4.57. The fourth-order valence-electron chi connectivity index (χ4n) is 3.40. The van der Waals surface area contributed by atoms with Crippen LogP contribution < -0.4 is 10.1 Å². The second kappa shape index (κ2) is 8.37. The van der Waals surface area contributed by atoms with Crippen LogP contribution in [-0.4, -0.2) is 41.5 Å². The Morgan fingerprint density at radius 2 is 2.00 bits per heavy atom. The first-order valence-electron chi connectivity index (χ1n) is 9.66. The fraction of sp³-hybridized carbons (Fsp3) is 0.364. The third-order valence-corrected chi connectivity index (χ3v) is 6.35. The van der Waals surface area contributed by atoms with Gasteiger partial charge in [0.1, 0.15) is 23.3 Å². The van der Waals surface area contributed by atoms with Crippen molar-refractivity contribution in [2.75, 3.05) is 24.1 Å². The van der Waals surface area contributed by atoms with Crippen molar-refractivity contribution < 1.29 is 18.7 Å². The Kier molecular flexibility index (Phi) is 5.67. The summed E-state index contributed by atoms with van der Waals surface area (Å²) in [6.07, 6.45) is 4.32. The normalized spacial score (nSPS) is 23.4. The van der Waals surface area contributed by atoms with Gasteiger partial charge in [0.15, 0.2) is 0 Å². The highest BCUT2D eigenvalue weighted by molar-refractivity contribution is 7.99. The number of nitrogens with one attached hydrogen (secondary N) is 1. The van der Waals surface area contributed by atoms with Gasteiger partial charge in [-0.2, -0.15) is 0 Å². The van der Waals surface area contributed by atoms with Crippen molar-refractivity contribution in [3.05, 3.63) is 54.0 Å². The van der Waals surface area contributed by atoms with E-state index >= 15 is 0 Å². The van der Waals surface area contributed by atoms with Gasteiger partial charge in [0, 0.05) is 23.4 Å². The first-order valence-corrected chi connectivity index (χ1v) is 10.8. The summed E-state index contributed by atoms with van der Waals surface area (Å²) in [7, 11) is 1.59. The molecule has 152 valence electrons. The molecule has 2 amide bonds. The maximum Gasteiger partial charge on any atom is 0.248 e. The standard InChI is InChI=1S/C22H24N2O4S/c1-14-11-18(14)20-9-7-17(28-20)8-10-21(25)24-13-29-12-19(24)22(26)23-15-3-5-16(27-2)6-4-15/h3-10,14,18-19H,11-13H2,1-2H3,(H,23,26)/b10-8+. The molecular formula is C22H24N2O4S. The quantitative estimate of drug-likeness (QED) is 0.727. The van der Waals surface area contributed by atoms with Crippen LogP contribution >= 0.6 is 11.8 Å². The van der Waals surface area contributed by atoms with E-state index in [1.54, 1.807) is 54.1 Å². The van der Waals surface area contributed by atoms with Crippen molar-refractivity contribution in [1.82, 2.24) is 4.90 Å². The lowest BCUT2D eigenvalue weighted by Gasteiger charge is -2.21. The predicted octanol–water partition coefficient (Wildman–Crippen LogP) is 3.97. The number of hydrogen-bond donors (Lipinski definition) is 1. The highest BCUT2D eigenvalue weighted by Gasteiger charge is 2.36. The number of amides is 2. The van der Waals surface area contributed by atoms with Crippen LogP contribution in [0.5, 0.6) is 5.75 Å². The van der Waals surface area contributed by atoms with Crippen LogP contribution in [0.4, 0.5) is 5.69 Å². The van der Waals surface area contributed by atoms with Crippen molar-refractivity contribution >= 4 is 35.3 Å². The number of furan rings is 1. The molecule has 29 heavy (non-hydrogen) atoms. The second-order valence-electron chi connectivity index (χ2n) is 7.43. The number of rotatable bonds is 6. The Morgan fingerprint density at radius 1 is 1.24 bits per heavy atom. The molecule has 3 atom stereocenters. The minimum absolute atomic E-state index is 0.190. The van der Waals surface area contributed by atoms with E-state index in [-0.39, 0.29) is 11.8 Å².